The SMILES string of the molecule is CC1(C)c2ccccc2CCN1CN1CCCC1. The van der Waals surface area contributed by atoms with Gasteiger partial charge in [0.2, 0.25) is 0 Å². The summed E-state index contributed by atoms with van der Waals surface area (Å²) >= 11 is 0. The van der Waals surface area contributed by atoms with Gasteiger partial charge in [0.05, 0.1) is 6.67 Å². The number of hydrogen-bond donors (Lipinski definition) is 0. The first-order valence-corrected chi connectivity index (χ1v) is 7.24. The maximum absolute atomic E-state index is 2.65. The molecule has 0 spiro atoms. The van der Waals surface area contributed by atoms with Crippen LogP contribution >= 0.6 is 0 Å². The van der Waals surface area contributed by atoms with Crippen LogP contribution in [0.15, 0.2) is 24.3 Å². The molecular weight excluding hydrogens is 220 g/mol. The van der Waals surface area contributed by atoms with Gasteiger partial charge in [-0.15, -0.1) is 0 Å². The molecule has 1 fully saturated rings. The van der Waals surface area contributed by atoms with Crippen molar-refractivity contribution >= 4 is 0 Å². The largest absolute Gasteiger partial charge is 0.290 e. The normalized spacial score (nSPS) is 24.1. The van der Waals surface area contributed by atoms with E-state index in [2.05, 4.69) is 47.9 Å². The predicted octanol–water partition coefficient (Wildman–Crippen LogP) is 2.83. The third-order valence-corrected chi connectivity index (χ3v) is 4.69. The Labute approximate surface area is 111 Å². The highest BCUT2D eigenvalue weighted by molar-refractivity contribution is 5.35. The summed E-state index contributed by atoms with van der Waals surface area (Å²) in [6.07, 6.45) is 3.96. The van der Waals surface area contributed by atoms with Crippen molar-refractivity contribution < 1.29 is 0 Å². The summed E-state index contributed by atoms with van der Waals surface area (Å²) in [7, 11) is 0. The van der Waals surface area contributed by atoms with Gasteiger partial charge >= 0.3 is 0 Å². The van der Waals surface area contributed by atoms with Crippen molar-refractivity contribution in [1.82, 2.24) is 9.80 Å². The van der Waals surface area contributed by atoms with Crippen LogP contribution in [0.1, 0.15) is 37.8 Å². The lowest BCUT2D eigenvalue weighted by Gasteiger charge is -2.45. The van der Waals surface area contributed by atoms with Crippen LogP contribution in [0.5, 0.6) is 0 Å². The zero-order chi connectivity index (χ0) is 12.6. The van der Waals surface area contributed by atoms with Gasteiger partial charge in [0.15, 0.2) is 0 Å². The summed E-state index contributed by atoms with van der Waals surface area (Å²) in [4.78, 5) is 5.26. The maximum atomic E-state index is 2.65. The highest BCUT2D eigenvalue weighted by atomic mass is 15.3. The van der Waals surface area contributed by atoms with E-state index in [4.69, 9.17) is 0 Å². The van der Waals surface area contributed by atoms with E-state index in [1.165, 1.54) is 44.5 Å². The average molecular weight is 244 g/mol. The maximum Gasteiger partial charge on any atom is 0.0514 e. The van der Waals surface area contributed by atoms with Gasteiger partial charge in [0, 0.05) is 12.1 Å². The van der Waals surface area contributed by atoms with E-state index in [1.54, 1.807) is 5.56 Å². The summed E-state index contributed by atoms with van der Waals surface area (Å²) in [5, 5.41) is 0. The fraction of sp³-hybridized carbons (Fsp3) is 0.625. The van der Waals surface area contributed by atoms with Gasteiger partial charge in [-0.05, 0) is 57.3 Å². The van der Waals surface area contributed by atoms with Gasteiger partial charge < -0.3 is 0 Å². The van der Waals surface area contributed by atoms with Crippen LogP contribution in [0.4, 0.5) is 0 Å². The zero-order valence-corrected chi connectivity index (χ0v) is 11.7. The molecule has 1 aromatic carbocycles. The Morgan fingerprint density at radius 1 is 1.06 bits per heavy atom. The van der Waals surface area contributed by atoms with Gasteiger partial charge in [-0.25, -0.2) is 0 Å². The van der Waals surface area contributed by atoms with E-state index in [0.29, 0.717) is 0 Å². The third kappa shape index (κ3) is 2.08. The lowest BCUT2D eigenvalue weighted by Crippen LogP contribution is -2.50. The lowest BCUT2D eigenvalue weighted by atomic mass is 9.84. The summed E-state index contributed by atoms with van der Waals surface area (Å²) in [6, 6.07) is 8.96. The Morgan fingerprint density at radius 3 is 2.56 bits per heavy atom. The van der Waals surface area contributed by atoms with E-state index in [9.17, 15) is 0 Å². The minimum Gasteiger partial charge on any atom is -0.290 e. The van der Waals surface area contributed by atoms with Crippen LogP contribution in [0.25, 0.3) is 0 Å². The first-order chi connectivity index (χ1) is 8.68. The molecule has 2 aliphatic heterocycles. The van der Waals surface area contributed by atoms with Crippen molar-refractivity contribution in [2.45, 2.75) is 38.6 Å². The van der Waals surface area contributed by atoms with Crippen molar-refractivity contribution in [2.75, 3.05) is 26.3 Å². The third-order valence-electron chi connectivity index (χ3n) is 4.69. The molecule has 98 valence electrons. The second-order valence-electron chi connectivity index (χ2n) is 6.20. The number of nitrogens with zero attached hydrogens (tertiary/aromatic N) is 2. The van der Waals surface area contributed by atoms with E-state index < -0.39 is 0 Å². The summed E-state index contributed by atoms with van der Waals surface area (Å²) in [5.74, 6) is 0. The Balaban J connectivity index is 1.81. The monoisotopic (exact) mass is 244 g/mol. The standard InChI is InChI=1S/C16H24N2/c1-16(2)15-8-4-3-7-14(15)9-12-18(16)13-17-10-5-6-11-17/h3-4,7-8H,5-6,9-13H2,1-2H3. The molecule has 0 aromatic heterocycles. The Bertz CT molecular complexity index is 419. The Kier molecular flexibility index (Phi) is 3.16. The first kappa shape index (κ1) is 12.2. The van der Waals surface area contributed by atoms with Crippen LogP contribution < -0.4 is 0 Å². The summed E-state index contributed by atoms with van der Waals surface area (Å²) in [6.45, 7) is 9.66. The molecule has 0 atom stereocenters. The lowest BCUT2D eigenvalue weighted by molar-refractivity contribution is 0.0468. The van der Waals surface area contributed by atoms with Crippen LogP contribution in [-0.2, 0) is 12.0 Å². The molecule has 1 saturated heterocycles. The molecule has 0 saturated carbocycles. The fourth-order valence-electron chi connectivity index (χ4n) is 3.45. The number of benzene rings is 1. The van der Waals surface area contributed by atoms with Crippen LogP contribution in [0, 0.1) is 0 Å². The van der Waals surface area contributed by atoms with Crippen LogP contribution in [-0.4, -0.2) is 36.1 Å². The van der Waals surface area contributed by atoms with Crippen LogP contribution in [0.3, 0.4) is 0 Å². The van der Waals surface area contributed by atoms with Crippen molar-refractivity contribution in [1.29, 1.82) is 0 Å². The molecule has 2 aliphatic rings. The van der Waals surface area contributed by atoms with Gasteiger partial charge in [-0.1, -0.05) is 24.3 Å². The number of fused-ring (bicyclic) bond motifs is 1. The molecule has 0 radical (unpaired) electrons. The Hall–Kier alpha value is -0.860. The molecular formula is C16H24N2. The van der Waals surface area contributed by atoms with Gasteiger partial charge in [0.1, 0.15) is 0 Å². The smallest absolute Gasteiger partial charge is 0.0514 e. The summed E-state index contributed by atoms with van der Waals surface area (Å²) < 4.78 is 0. The molecule has 3 rings (SSSR count). The van der Waals surface area contributed by atoms with Crippen LogP contribution in [0.2, 0.25) is 0 Å². The highest BCUT2D eigenvalue weighted by Crippen LogP contribution is 2.35. The number of hydrogen-bond acceptors (Lipinski definition) is 2. The highest BCUT2D eigenvalue weighted by Gasteiger charge is 2.35. The minimum atomic E-state index is 0.178. The Morgan fingerprint density at radius 2 is 1.78 bits per heavy atom. The minimum absolute atomic E-state index is 0.178. The molecule has 1 aromatic rings. The molecule has 2 heteroatoms. The molecule has 0 aliphatic carbocycles. The molecule has 0 unspecified atom stereocenters. The molecule has 0 N–H and O–H groups in total. The number of rotatable bonds is 2. The molecule has 0 amide bonds. The molecule has 2 nitrogen and oxygen atoms in total. The van der Waals surface area contributed by atoms with Gasteiger partial charge in [0.25, 0.3) is 0 Å². The topological polar surface area (TPSA) is 6.48 Å². The average Bonchev–Trinajstić information content (AvgIpc) is 2.86. The van der Waals surface area contributed by atoms with Crippen molar-refractivity contribution in [2.24, 2.45) is 0 Å². The van der Waals surface area contributed by atoms with E-state index in [1.807, 2.05) is 0 Å². The van der Waals surface area contributed by atoms with Crippen molar-refractivity contribution in [3.63, 3.8) is 0 Å². The van der Waals surface area contributed by atoms with Gasteiger partial charge in [-0.2, -0.15) is 0 Å². The van der Waals surface area contributed by atoms with E-state index in [0.717, 1.165) is 6.67 Å². The van der Waals surface area contributed by atoms with E-state index in [-0.39, 0.29) is 5.54 Å². The van der Waals surface area contributed by atoms with E-state index >= 15 is 0 Å². The second-order valence-corrected chi connectivity index (χ2v) is 6.20. The second kappa shape index (κ2) is 4.67. The molecule has 2 heterocycles. The summed E-state index contributed by atoms with van der Waals surface area (Å²) in [5.41, 5.74) is 3.24. The van der Waals surface area contributed by atoms with Crippen molar-refractivity contribution in [3.05, 3.63) is 35.4 Å². The molecule has 0 bridgehead atoms. The first-order valence-electron chi connectivity index (χ1n) is 7.24. The molecule has 18 heavy (non-hydrogen) atoms. The fourth-order valence-corrected chi connectivity index (χ4v) is 3.45. The van der Waals surface area contributed by atoms with Gasteiger partial charge in [-0.3, -0.25) is 9.80 Å². The predicted molar refractivity (Wildman–Crippen MR) is 75.6 cm³/mol. The van der Waals surface area contributed by atoms with Crippen molar-refractivity contribution in [3.8, 4) is 0 Å². The zero-order valence-electron chi connectivity index (χ0n) is 11.7. The quantitative estimate of drug-likeness (QED) is 0.789. The number of likely N-dealkylation sites (tertiary alicyclic amines) is 1.